The Labute approximate surface area is 86.7 Å². The maximum Gasteiger partial charge on any atom is 0.197 e. The molecule has 0 spiro atoms. The summed E-state index contributed by atoms with van der Waals surface area (Å²) in [4.78, 5) is 7.97. The van der Waals surface area contributed by atoms with Crippen molar-refractivity contribution in [3.05, 3.63) is 42.7 Å². The second kappa shape index (κ2) is 4.28. The van der Waals surface area contributed by atoms with Crippen LogP contribution in [-0.4, -0.2) is 9.97 Å². The number of nitrogens with zero attached hydrogens (tertiary/aromatic N) is 4. The predicted molar refractivity (Wildman–Crippen MR) is 57.1 cm³/mol. The fourth-order valence-electron chi connectivity index (χ4n) is 1.00. The maximum absolute atomic E-state index is 5.65. The van der Waals surface area contributed by atoms with E-state index in [-0.39, 0.29) is 0 Å². The third kappa shape index (κ3) is 2.34. The number of nitrogen functional groups attached to an aromatic ring is 1. The van der Waals surface area contributed by atoms with Crippen molar-refractivity contribution in [3.63, 3.8) is 0 Å². The van der Waals surface area contributed by atoms with Crippen molar-refractivity contribution in [2.24, 2.45) is 10.2 Å². The van der Waals surface area contributed by atoms with E-state index in [0.29, 0.717) is 17.3 Å². The molecule has 2 rings (SSSR count). The number of hydrogen-bond donors (Lipinski definition) is 1. The molecule has 0 aliphatic rings. The lowest BCUT2D eigenvalue weighted by Gasteiger charge is -1.95. The van der Waals surface area contributed by atoms with Crippen LogP contribution in [0.15, 0.2) is 53.0 Å². The van der Waals surface area contributed by atoms with Gasteiger partial charge < -0.3 is 5.73 Å². The van der Waals surface area contributed by atoms with Gasteiger partial charge in [-0.1, -0.05) is 6.07 Å². The third-order valence-corrected chi connectivity index (χ3v) is 1.71. The van der Waals surface area contributed by atoms with E-state index in [9.17, 15) is 0 Å². The Morgan fingerprint density at radius 1 is 0.933 bits per heavy atom. The normalized spacial score (nSPS) is 10.7. The Morgan fingerprint density at radius 3 is 2.53 bits per heavy atom. The SMILES string of the molecule is Nc1cccnc1N=Nc1ccccn1. The number of anilines is 1. The zero-order valence-corrected chi connectivity index (χ0v) is 7.91. The first-order valence-electron chi connectivity index (χ1n) is 4.39. The number of azo groups is 1. The van der Waals surface area contributed by atoms with Crippen molar-refractivity contribution in [1.82, 2.24) is 9.97 Å². The van der Waals surface area contributed by atoms with E-state index in [4.69, 9.17) is 5.73 Å². The molecule has 0 aliphatic heterocycles. The zero-order valence-electron chi connectivity index (χ0n) is 7.91. The fraction of sp³-hybridized carbons (Fsp3) is 0. The molecule has 0 fully saturated rings. The van der Waals surface area contributed by atoms with Crippen molar-refractivity contribution in [2.75, 3.05) is 5.73 Å². The van der Waals surface area contributed by atoms with Gasteiger partial charge in [0.05, 0.1) is 5.69 Å². The summed E-state index contributed by atoms with van der Waals surface area (Å²) < 4.78 is 0. The van der Waals surface area contributed by atoms with E-state index in [1.807, 2.05) is 12.1 Å². The van der Waals surface area contributed by atoms with Crippen LogP contribution in [0.3, 0.4) is 0 Å². The minimum atomic E-state index is 0.406. The van der Waals surface area contributed by atoms with Gasteiger partial charge in [0.1, 0.15) is 0 Å². The van der Waals surface area contributed by atoms with Crippen LogP contribution in [0, 0.1) is 0 Å². The van der Waals surface area contributed by atoms with Crippen molar-refractivity contribution < 1.29 is 0 Å². The maximum atomic E-state index is 5.65. The number of rotatable bonds is 2. The third-order valence-electron chi connectivity index (χ3n) is 1.71. The molecule has 74 valence electrons. The first kappa shape index (κ1) is 9.26. The molecule has 5 heteroatoms. The average Bonchev–Trinajstić information content (AvgIpc) is 2.29. The second-order valence-electron chi connectivity index (χ2n) is 2.80. The number of aromatic nitrogens is 2. The van der Waals surface area contributed by atoms with E-state index in [1.165, 1.54) is 0 Å². The highest BCUT2D eigenvalue weighted by Gasteiger charge is 1.96. The van der Waals surface area contributed by atoms with Crippen LogP contribution < -0.4 is 5.73 Å². The Bertz CT molecular complexity index is 466. The van der Waals surface area contributed by atoms with Crippen LogP contribution in [0.4, 0.5) is 17.3 Å². The molecule has 0 saturated heterocycles. The van der Waals surface area contributed by atoms with Crippen LogP contribution in [0.25, 0.3) is 0 Å². The molecule has 0 aromatic carbocycles. The van der Waals surface area contributed by atoms with Gasteiger partial charge in [-0.15, -0.1) is 10.2 Å². The van der Waals surface area contributed by atoms with Gasteiger partial charge in [-0.2, -0.15) is 0 Å². The summed E-state index contributed by atoms with van der Waals surface area (Å²) in [6.45, 7) is 0. The van der Waals surface area contributed by atoms with Gasteiger partial charge in [-0.05, 0) is 24.3 Å². The molecule has 5 nitrogen and oxygen atoms in total. The molecule has 0 saturated carbocycles. The van der Waals surface area contributed by atoms with Crippen LogP contribution in [0.1, 0.15) is 0 Å². The highest BCUT2D eigenvalue weighted by Crippen LogP contribution is 2.19. The van der Waals surface area contributed by atoms with Gasteiger partial charge in [-0.3, -0.25) is 0 Å². The molecule has 0 radical (unpaired) electrons. The first-order chi connectivity index (χ1) is 7.36. The summed E-state index contributed by atoms with van der Waals surface area (Å²) >= 11 is 0. The van der Waals surface area contributed by atoms with Crippen molar-refractivity contribution in [2.45, 2.75) is 0 Å². The highest BCUT2D eigenvalue weighted by atomic mass is 15.2. The summed E-state index contributed by atoms with van der Waals surface area (Å²) in [7, 11) is 0. The van der Waals surface area contributed by atoms with Crippen molar-refractivity contribution in [3.8, 4) is 0 Å². The van der Waals surface area contributed by atoms with Gasteiger partial charge in [-0.25, -0.2) is 9.97 Å². The van der Waals surface area contributed by atoms with Crippen LogP contribution >= 0.6 is 0 Å². The quantitative estimate of drug-likeness (QED) is 0.754. The highest BCUT2D eigenvalue weighted by molar-refractivity contribution is 5.56. The van der Waals surface area contributed by atoms with Gasteiger partial charge >= 0.3 is 0 Å². The fourth-order valence-corrected chi connectivity index (χ4v) is 1.00. The second-order valence-corrected chi connectivity index (χ2v) is 2.80. The van der Waals surface area contributed by atoms with Gasteiger partial charge in [0.15, 0.2) is 11.6 Å². The lowest BCUT2D eigenvalue weighted by atomic mass is 10.4. The smallest absolute Gasteiger partial charge is 0.197 e. The van der Waals surface area contributed by atoms with Crippen LogP contribution in [0.2, 0.25) is 0 Å². The van der Waals surface area contributed by atoms with E-state index in [1.54, 1.807) is 30.6 Å². The van der Waals surface area contributed by atoms with E-state index in [2.05, 4.69) is 20.2 Å². The number of pyridine rings is 2. The Morgan fingerprint density at radius 2 is 1.80 bits per heavy atom. The Hall–Kier alpha value is -2.30. The number of nitrogens with two attached hydrogens (primary N) is 1. The summed E-state index contributed by atoms with van der Waals surface area (Å²) in [5, 5.41) is 7.81. The molecule has 2 aromatic heterocycles. The van der Waals surface area contributed by atoms with Crippen molar-refractivity contribution >= 4 is 17.3 Å². The molecule has 15 heavy (non-hydrogen) atoms. The van der Waals surface area contributed by atoms with Crippen molar-refractivity contribution in [1.29, 1.82) is 0 Å². The van der Waals surface area contributed by atoms with E-state index >= 15 is 0 Å². The largest absolute Gasteiger partial charge is 0.396 e. The van der Waals surface area contributed by atoms with E-state index in [0.717, 1.165) is 0 Å². The lowest BCUT2D eigenvalue weighted by Crippen LogP contribution is -1.85. The first-order valence-corrected chi connectivity index (χ1v) is 4.39. The standard InChI is InChI=1S/C10H9N5/c11-8-4-3-7-13-10(8)15-14-9-5-1-2-6-12-9/h1-7H,11H2. The summed E-state index contributed by atoms with van der Waals surface area (Å²) in [5.74, 6) is 0.936. The van der Waals surface area contributed by atoms with Gasteiger partial charge in [0.25, 0.3) is 0 Å². The Balaban J connectivity index is 2.23. The molecular weight excluding hydrogens is 190 g/mol. The summed E-state index contributed by atoms with van der Waals surface area (Å²) in [6, 6.07) is 8.87. The topological polar surface area (TPSA) is 76.5 Å². The molecule has 2 heterocycles. The molecule has 0 bridgehead atoms. The molecule has 2 aromatic rings. The van der Waals surface area contributed by atoms with Crippen LogP contribution in [-0.2, 0) is 0 Å². The molecule has 0 aliphatic carbocycles. The summed E-state index contributed by atoms with van der Waals surface area (Å²) in [6.07, 6.45) is 3.26. The molecule has 0 amide bonds. The number of hydrogen-bond acceptors (Lipinski definition) is 5. The minimum absolute atomic E-state index is 0.406. The minimum Gasteiger partial charge on any atom is -0.396 e. The summed E-state index contributed by atoms with van der Waals surface area (Å²) in [5.41, 5.74) is 6.15. The zero-order chi connectivity index (χ0) is 10.5. The van der Waals surface area contributed by atoms with Gasteiger partial charge in [0.2, 0.25) is 0 Å². The molecule has 0 atom stereocenters. The monoisotopic (exact) mass is 199 g/mol. The van der Waals surface area contributed by atoms with Gasteiger partial charge in [0, 0.05) is 12.4 Å². The predicted octanol–water partition coefficient (Wildman–Crippen LogP) is 2.47. The Kier molecular flexibility index (Phi) is 2.64. The average molecular weight is 199 g/mol. The molecular formula is C10H9N5. The molecule has 0 unspecified atom stereocenters. The lowest BCUT2D eigenvalue weighted by molar-refractivity contribution is 1.12. The van der Waals surface area contributed by atoms with Crippen LogP contribution in [0.5, 0.6) is 0 Å². The van der Waals surface area contributed by atoms with E-state index < -0.39 is 0 Å². The molecule has 2 N–H and O–H groups in total.